The third-order valence-electron chi connectivity index (χ3n) is 3.29. The number of aryl methyl sites for hydroxylation is 1. The summed E-state index contributed by atoms with van der Waals surface area (Å²) in [5.41, 5.74) is 3.17. The Morgan fingerprint density at radius 2 is 1.89 bits per heavy atom. The molecule has 1 aromatic carbocycles. The van der Waals surface area contributed by atoms with E-state index in [4.69, 9.17) is 10.00 Å². The molecule has 0 fully saturated rings. The van der Waals surface area contributed by atoms with Crippen LogP contribution >= 0.6 is 0 Å². The second kappa shape index (κ2) is 6.75. The third kappa shape index (κ3) is 4.26. The molecule has 3 nitrogen and oxygen atoms in total. The number of cyclic esters (lactones) is 1. The highest BCUT2D eigenvalue weighted by Crippen LogP contribution is 2.17. The molecule has 0 aliphatic carbocycles. The van der Waals surface area contributed by atoms with Crippen molar-refractivity contribution in [3.8, 4) is 6.07 Å². The van der Waals surface area contributed by atoms with Gasteiger partial charge in [0.15, 0.2) is 0 Å². The van der Waals surface area contributed by atoms with Gasteiger partial charge in [0.05, 0.1) is 18.2 Å². The Kier molecular flexibility index (Phi) is 4.74. The van der Waals surface area contributed by atoms with Gasteiger partial charge in [0.25, 0.3) is 0 Å². The normalized spacial score (nSPS) is 14.5. The number of rotatable bonds is 5. The van der Waals surface area contributed by atoms with Crippen molar-refractivity contribution in [3.63, 3.8) is 0 Å². The Labute approximate surface area is 113 Å². The minimum absolute atomic E-state index is 0.201. The van der Waals surface area contributed by atoms with Crippen LogP contribution in [0.2, 0.25) is 0 Å². The zero-order chi connectivity index (χ0) is 13.5. The molecular weight excluding hydrogens is 238 g/mol. The summed E-state index contributed by atoms with van der Waals surface area (Å²) in [6, 6.07) is 9.85. The molecule has 0 unspecified atom stereocenters. The Morgan fingerprint density at radius 1 is 1.16 bits per heavy atom. The summed E-state index contributed by atoms with van der Waals surface area (Å²) in [4.78, 5) is 11.1. The standard InChI is InChI=1S/C16H17NO2/c17-12-15-7-5-13(6-8-15)3-1-2-4-14-9-10-19-16(18)11-14/h5-8,11H,1-4,9-10H2. The number of unbranched alkanes of at least 4 members (excludes halogenated alkanes) is 1. The summed E-state index contributed by atoms with van der Waals surface area (Å²) in [6.07, 6.45) is 6.68. The Balaban J connectivity index is 1.71. The summed E-state index contributed by atoms with van der Waals surface area (Å²) in [6.45, 7) is 0.528. The molecule has 0 atom stereocenters. The maximum absolute atomic E-state index is 11.1. The summed E-state index contributed by atoms with van der Waals surface area (Å²) in [7, 11) is 0. The SMILES string of the molecule is N#Cc1ccc(CCCCC2=CC(=O)OCC2)cc1. The van der Waals surface area contributed by atoms with Gasteiger partial charge in [-0.05, 0) is 43.4 Å². The minimum Gasteiger partial charge on any atom is -0.462 e. The molecule has 1 aliphatic rings. The van der Waals surface area contributed by atoms with E-state index in [0.717, 1.165) is 32.1 Å². The van der Waals surface area contributed by atoms with E-state index in [0.29, 0.717) is 12.2 Å². The van der Waals surface area contributed by atoms with Crippen molar-refractivity contribution in [2.75, 3.05) is 6.61 Å². The van der Waals surface area contributed by atoms with Crippen LogP contribution in [0, 0.1) is 11.3 Å². The maximum atomic E-state index is 11.1. The second-order valence-corrected chi connectivity index (χ2v) is 4.74. The average Bonchev–Trinajstić information content (AvgIpc) is 2.44. The van der Waals surface area contributed by atoms with Crippen molar-refractivity contribution in [1.29, 1.82) is 5.26 Å². The monoisotopic (exact) mass is 255 g/mol. The summed E-state index contributed by atoms with van der Waals surface area (Å²) >= 11 is 0. The lowest BCUT2D eigenvalue weighted by molar-refractivity contribution is -0.138. The first kappa shape index (κ1) is 13.4. The summed E-state index contributed by atoms with van der Waals surface area (Å²) < 4.78 is 4.86. The van der Waals surface area contributed by atoms with E-state index in [1.807, 2.05) is 24.3 Å². The minimum atomic E-state index is -0.201. The van der Waals surface area contributed by atoms with E-state index < -0.39 is 0 Å². The molecule has 1 heterocycles. The number of carbonyl (C=O) groups is 1. The van der Waals surface area contributed by atoms with Crippen LogP contribution in [0.5, 0.6) is 0 Å². The molecule has 0 bridgehead atoms. The van der Waals surface area contributed by atoms with E-state index in [1.54, 1.807) is 6.08 Å². The zero-order valence-corrected chi connectivity index (χ0v) is 10.9. The first-order valence-corrected chi connectivity index (χ1v) is 6.63. The van der Waals surface area contributed by atoms with Crippen LogP contribution in [0.25, 0.3) is 0 Å². The number of carbonyl (C=O) groups excluding carboxylic acids is 1. The van der Waals surface area contributed by atoms with Gasteiger partial charge in [0.1, 0.15) is 0 Å². The van der Waals surface area contributed by atoms with Crippen molar-refractivity contribution in [3.05, 3.63) is 47.0 Å². The van der Waals surface area contributed by atoms with Crippen molar-refractivity contribution < 1.29 is 9.53 Å². The fourth-order valence-corrected chi connectivity index (χ4v) is 2.19. The van der Waals surface area contributed by atoms with Gasteiger partial charge in [0.2, 0.25) is 0 Å². The predicted octanol–water partition coefficient (Wildman–Crippen LogP) is 3.14. The van der Waals surface area contributed by atoms with Crippen LogP contribution < -0.4 is 0 Å². The fourth-order valence-electron chi connectivity index (χ4n) is 2.19. The average molecular weight is 255 g/mol. The van der Waals surface area contributed by atoms with Crippen LogP contribution in [0.1, 0.15) is 36.8 Å². The highest BCUT2D eigenvalue weighted by atomic mass is 16.5. The molecule has 0 aromatic heterocycles. The maximum Gasteiger partial charge on any atom is 0.330 e. The van der Waals surface area contributed by atoms with E-state index >= 15 is 0 Å². The summed E-state index contributed by atoms with van der Waals surface area (Å²) in [5.74, 6) is -0.201. The lowest BCUT2D eigenvalue weighted by Gasteiger charge is -2.12. The van der Waals surface area contributed by atoms with Gasteiger partial charge in [-0.1, -0.05) is 17.7 Å². The van der Waals surface area contributed by atoms with Gasteiger partial charge < -0.3 is 4.74 Å². The molecule has 19 heavy (non-hydrogen) atoms. The van der Waals surface area contributed by atoms with Crippen LogP contribution in [0.3, 0.4) is 0 Å². The van der Waals surface area contributed by atoms with E-state index in [-0.39, 0.29) is 5.97 Å². The van der Waals surface area contributed by atoms with E-state index in [2.05, 4.69) is 6.07 Å². The predicted molar refractivity (Wildman–Crippen MR) is 72.4 cm³/mol. The zero-order valence-electron chi connectivity index (χ0n) is 10.9. The molecule has 1 aromatic rings. The van der Waals surface area contributed by atoms with Crippen LogP contribution in [-0.2, 0) is 16.0 Å². The number of esters is 1. The van der Waals surface area contributed by atoms with Gasteiger partial charge >= 0.3 is 5.97 Å². The molecular formula is C16H17NO2. The van der Waals surface area contributed by atoms with Crippen molar-refractivity contribution in [1.82, 2.24) is 0 Å². The number of nitriles is 1. The van der Waals surface area contributed by atoms with Crippen molar-refractivity contribution in [2.24, 2.45) is 0 Å². The highest BCUT2D eigenvalue weighted by Gasteiger charge is 2.09. The fraction of sp³-hybridized carbons (Fsp3) is 0.375. The molecule has 0 spiro atoms. The second-order valence-electron chi connectivity index (χ2n) is 4.74. The van der Waals surface area contributed by atoms with Gasteiger partial charge in [-0.2, -0.15) is 5.26 Å². The number of hydrogen-bond acceptors (Lipinski definition) is 3. The Morgan fingerprint density at radius 3 is 2.58 bits per heavy atom. The lowest BCUT2D eigenvalue weighted by Crippen LogP contribution is -2.10. The van der Waals surface area contributed by atoms with E-state index in [9.17, 15) is 4.79 Å². The van der Waals surface area contributed by atoms with Crippen LogP contribution in [0.15, 0.2) is 35.9 Å². The number of hydrogen-bond donors (Lipinski definition) is 0. The molecule has 0 amide bonds. The Bertz CT molecular complexity index is 509. The first-order chi connectivity index (χ1) is 9.28. The topological polar surface area (TPSA) is 50.1 Å². The Hall–Kier alpha value is -2.08. The molecule has 0 saturated heterocycles. The quantitative estimate of drug-likeness (QED) is 0.600. The molecule has 1 aliphatic heterocycles. The molecule has 3 heteroatoms. The summed E-state index contributed by atoms with van der Waals surface area (Å²) in [5, 5.41) is 8.71. The third-order valence-corrected chi connectivity index (χ3v) is 3.29. The van der Waals surface area contributed by atoms with Crippen molar-refractivity contribution >= 4 is 5.97 Å². The molecule has 2 rings (SSSR count). The molecule has 0 radical (unpaired) electrons. The lowest BCUT2D eigenvalue weighted by atomic mass is 10.0. The van der Waals surface area contributed by atoms with Crippen LogP contribution in [0.4, 0.5) is 0 Å². The first-order valence-electron chi connectivity index (χ1n) is 6.63. The van der Waals surface area contributed by atoms with Gasteiger partial charge in [-0.3, -0.25) is 0 Å². The van der Waals surface area contributed by atoms with Crippen LogP contribution in [-0.4, -0.2) is 12.6 Å². The molecule has 0 N–H and O–H groups in total. The molecule has 0 saturated carbocycles. The van der Waals surface area contributed by atoms with Gasteiger partial charge in [0, 0.05) is 12.5 Å². The number of ether oxygens (including phenoxy) is 1. The van der Waals surface area contributed by atoms with Gasteiger partial charge in [-0.25, -0.2) is 4.79 Å². The van der Waals surface area contributed by atoms with Crippen molar-refractivity contribution in [2.45, 2.75) is 32.1 Å². The smallest absolute Gasteiger partial charge is 0.330 e. The van der Waals surface area contributed by atoms with Gasteiger partial charge in [-0.15, -0.1) is 0 Å². The number of nitrogens with zero attached hydrogens (tertiary/aromatic N) is 1. The number of benzene rings is 1. The largest absolute Gasteiger partial charge is 0.462 e. The highest BCUT2D eigenvalue weighted by molar-refractivity contribution is 5.83. The van der Waals surface area contributed by atoms with E-state index in [1.165, 1.54) is 11.1 Å². The molecule has 98 valence electrons.